The summed E-state index contributed by atoms with van der Waals surface area (Å²) in [5, 5.41) is 2.99. The van der Waals surface area contributed by atoms with Crippen LogP contribution in [-0.4, -0.2) is 18.0 Å². The highest BCUT2D eigenvalue weighted by Crippen LogP contribution is 2.12. The quantitative estimate of drug-likeness (QED) is 0.827. The van der Waals surface area contributed by atoms with Gasteiger partial charge in [0, 0.05) is 6.04 Å². The number of hydrogen-bond donors (Lipinski definition) is 2. The monoisotopic (exact) mass is 262 g/mol. The van der Waals surface area contributed by atoms with Gasteiger partial charge < -0.3 is 11.1 Å². The molecule has 0 aliphatic carbocycles. The summed E-state index contributed by atoms with van der Waals surface area (Å²) >= 11 is 0. The van der Waals surface area contributed by atoms with E-state index in [2.05, 4.69) is 37.4 Å². The van der Waals surface area contributed by atoms with Crippen molar-refractivity contribution in [2.24, 2.45) is 5.73 Å². The summed E-state index contributed by atoms with van der Waals surface area (Å²) in [6.45, 7) is 8.26. The van der Waals surface area contributed by atoms with Gasteiger partial charge in [0.2, 0.25) is 5.91 Å². The molecule has 0 fully saturated rings. The summed E-state index contributed by atoms with van der Waals surface area (Å²) in [6, 6.07) is 6.15. The van der Waals surface area contributed by atoms with Crippen molar-refractivity contribution in [3.8, 4) is 0 Å². The molecule has 1 aromatic rings. The Hall–Kier alpha value is -1.35. The van der Waals surface area contributed by atoms with Gasteiger partial charge >= 0.3 is 0 Å². The van der Waals surface area contributed by atoms with Crippen LogP contribution in [0, 0.1) is 13.8 Å². The van der Waals surface area contributed by atoms with Crippen molar-refractivity contribution in [3.63, 3.8) is 0 Å². The van der Waals surface area contributed by atoms with E-state index in [4.69, 9.17) is 5.73 Å². The predicted molar refractivity (Wildman–Crippen MR) is 80.1 cm³/mol. The maximum Gasteiger partial charge on any atom is 0.237 e. The van der Waals surface area contributed by atoms with E-state index in [1.165, 1.54) is 16.7 Å². The van der Waals surface area contributed by atoms with Gasteiger partial charge in [-0.25, -0.2) is 0 Å². The Kier molecular flexibility index (Phi) is 6.03. The van der Waals surface area contributed by atoms with Crippen LogP contribution in [-0.2, 0) is 11.2 Å². The second-order valence-electron chi connectivity index (χ2n) is 5.44. The van der Waals surface area contributed by atoms with Crippen molar-refractivity contribution in [1.82, 2.24) is 5.32 Å². The number of hydrogen-bond acceptors (Lipinski definition) is 2. The first-order valence-electron chi connectivity index (χ1n) is 7.06. The normalized spacial score (nSPS) is 13.9. The van der Waals surface area contributed by atoms with Crippen LogP contribution in [0.25, 0.3) is 0 Å². The molecule has 0 aliphatic rings. The van der Waals surface area contributed by atoms with Crippen LogP contribution >= 0.6 is 0 Å². The first-order valence-corrected chi connectivity index (χ1v) is 7.06. The van der Waals surface area contributed by atoms with Gasteiger partial charge in [0.25, 0.3) is 0 Å². The molecule has 0 aromatic heterocycles. The van der Waals surface area contributed by atoms with Crippen LogP contribution < -0.4 is 11.1 Å². The summed E-state index contributed by atoms with van der Waals surface area (Å²) in [6.07, 6.45) is 2.51. The first-order chi connectivity index (χ1) is 8.93. The van der Waals surface area contributed by atoms with Gasteiger partial charge in [0.1, 0.15) is 0 Å². The molecule has 0 bridgehead atoms. The van der Waals surface area contributed by atoms with Gasteiger partial charge in [0.15, 0.2) is 0 Å². The lowest BCUT2D eigenvalue weighted by Gasteiger charge is -2.18. The van der Waals surface area contributed by atoms with Crippen LogP contribution in [0.5, 0.6) is 0 Å². The van der Waals surface area contributed by atoms with E-state index in [-0.39, 0.29) is 18.0 Å². The molecule has 2 unspecified atom stereocenters. The molecule has 1 aromatic carbocycles. The molecule has 2 atom stereocenters. The molecule has 0 radical (unpaired) electrons. The van der Waals surface area contributed by atoms with E-state index in [9.17, 15) is 4.79 Å². The molecule has 106 valence electrons. The largest absolute Gasteiger partial charge is 0.352 e. The number of carbonyl (C=O) groups excluding carboxylic acids is 1. The Morgan fingerprint density at radius 3 is 2.63 bits per heavy atom. The van der Waals surface area contributed by atoms with Gasteiger partial charge in [-0.05, 0) is 44.7 Å². The van der Waals surface area contributed by atoms with Crippen LogP contribution in [0.15, 0.2) is 18.2 Å². The third kappa shape index (κ3) is 5.03. The fraction of sp³-hybridized carbons (Fsp3) is 0.562. The summed E-state index contributed by atoms with van der Waals surface area (Å²) in [5.41, 5.74) is 9.63. The fourth-order valence-corrected chi connectivity index (χ4v) is 2.25. The summed E-state index contributed by atoms with van der Waals surface area (Å²) in [7, 11) is 0. The highest BCUT2D eigenvalue weighted by atomic mass is 16.2. The van der Waals surface area contributed by atoms with E-state index >= 15 is 0 Å². The zero-order valence-electron chi connectivity index (χ0n) is 12.5. The zero-order valence-corrected chi connectivity index (χ0v) is 12.5. The molecule has 3 nitrogen and oxygen atoms in total. The molecular formula is C16H26N2O. The Bertz CT molecular complexity index is 429. The fourth-order valence-electron chi connectivity index (χ4n) is 2.25. The van der Waals surface area contributed by atoms with E-state index in [1.807, 2.05) is 13.8 Å². The molecular weight excluding hydrogens is 236 g/mol. The third-order valence-corrected chi connectivity index (χ3v) is 3.35. The number of nitrogens with one attached hydrogen (secondary N) is 1. The Labute approximate surface area is 116 Å². The molecule has 3 heteroatoms. The van der Waals surface area contributed by atoms with Crippen molar-refractivity contribution < 1.29 is 4.79 Å². The third-order valence-electron chi connectivity index (χ3n) is 3.35. The Balaban J connectivity index is 2.55. The van der Waals surface area contributed by atoms with Crippen LogP contribution in [0.1, 0.15) is 43.4 Å². The summed E-state index contributed by atoms with van der Waals surface area (Å²) in [4.78, 5) is 11.8. The number of benzene rings is 1. The van der Waals surface area contributed by atoms with E-state index < -0.39 is 0 Å². The average Bonchev–Trinajstić information content (AvgIpc) is 2.33. The van der Waals surface area contributed by atoms with Gasteiger partial charge in [0.05, 0.1) is 6.04 Å². The van der Waals surface area contributed by atoms with Crippen molar-refractivity contribution in [3.05, 3.63) is 34.9 Å². The minimum absolute atomic E-state index is 0.0425. The van der Waals surface area contributed by atoms with E-state index in [0.717, 1.165) is 19.3 Å². The molecule has 0 saturated carbocycles. The second-order valence-corrected chi connectivity index (χ2v) is 5.44. The lowest BCUT2D eigenvalue weighted by molar-refractivity contribution is -0.123. The van der Waals surface area contributed by atoms with Crippen molar-refractivity contribution in [2.45, 2.75) is 59.0 Å². The molecule has 3 N–H and O–H groups in total. The average molecular weight is 262 g/mol. The van der Waals surface area contributed by atoms with Gasteiger partial charge in [-0.2, -0.15) is 0 Å². The maximum absolute atomic E-state index is 11.8. The minimum Gasteiger partial charge on any atom is -0.352 e. The van der Waals surface area contributed by atoms with Crippen molar-refractivity contribution in [2.75, 3.05) is 0 Å². The molecule has 0 spiro atoms. The molecule has 0 aliphatic heterocycles. The number of rotatable bonds is 6. The number of carbonyl (C=O) groups is 1. The Morgan fingerprint density at radius 2 is 2.05 bits per heavy atom. The standard InChI is InChI=1S/C16H26N2O/c1-5-6-15(17)16(19)18-13(4)10-14-8-7-11(2)9-12(14)3/h7-9,13,15H,5-6,10,17H2,1-4H3,(H,18,19). The first kappa shape index (κ1) is 15.7. The molecule has 0 heterocycles. The number of amides is 1. The Morgan fingerprint density at radius 1 is 1.37 bits per heavy atom. The van der Waals surface area contributed by atoms with Crippen LogP contribution in [0.2, 0.25) is 0 Å². The number of nitrogens with two attached hydrogens (primary N) is 1. The predicted octanol–water partition coefficient (Wildman–Crippen LogP) is 2.48. The van der Waals surface area contributed by atoms with Crippen LogP contribution in [0.4, 0.5) is 0 Å². The van der Waals surface area contributed by atoms with Gasteiger partial charge in [-0.1, -0.05) is 37.1 Å². The highest BCUT2D eigenvalue weighted by molar-refractivity contribution is 5.81. The van der Waals surface area contributed by atoms with E-state index in [0.29, 0.717) is 0 Å². The smallest absolute Gasteiger partial charge is 0.237 e. The molecule has 0 saturated heterocycles. The van der Waals surface area contributed by atoms with Crippen LogP contribution in [0.3, 0.4) is 0 Å². The van der Waals surface area contributed by atoms with Gasteiger partial charge in [-0.15, -0.1) is 0 Å². The SMILES string of the molecule is CCCC(N)C(=O)NC(C)Cc1ccc(C)cc1C. The summed E-state index contributed by atoms with van der Waals surface area (Å²) < 4.78 is 0. The highest BCUT2D eigenvalue weighted by Gasteiger charge is 2.15. The van der Waals surface area contributed by atoms with Gasteiger partial charge in [-0.3, -0.25) is 4.79 Å². The minimum atomic E-state index is -0.383. The molecule has 1 amide bonds. The molecule has 1 rings (SSSR count). The van der Waals surface area contributed by atoms with Crippen molar-refractivity contribution >= 4 is 5.91 Å². The lowest BCUT2D eigenvalue weighted by atomic mass is 9.99. The zero-order chi connectivity index (χ0) is 14.4. The summed E-state index contributed by atoms with van der Waals surface area (Å²) in [5.74, 6) is -0.0425. The topological polar surface area (TPSA) is 55.1 Å². The number of aryl methyl sites for hydroxylation is 2. The maximum atomic E-state index is 11.8. The second kappa shape index (κ2) is 7.29. The van der Waals surface area contributed by atoms with Crippen molar-refractivity contribution in [1.29, 1.82) is 0 Å². The molecule has 19 heavy (non-hydrogen) atoms. The lowest BCUT2D eigenvalue weighted by Crippen LogP contribution is -2.45. The van der Waals surface area contributed by atoms with E-state index in [1.54, 1.807) is 0 Å².